The normalized spacial score (nSPS) is 10.8. The van der Waals surface area contributed by atoms with Crippen molar-refractivity contribution in [2.24, 2.45) is 0 Å². The lowest BCUT2D eigenvalue weighted by molar-refractivity contribution is 0.602. The number of fused-ring (bicyclic) bond motifs is 1. The van der Waals surface area contributed by atoms with Gasteiger partial charge in [0.05, 0.1) is 5.69 Å². The van der Waals surface area contributed by atoms with E-state index in [1.807, 2.05) is 37.4 Å². The summed E-state index contributed by atoms with van der Waals surface area (Å²) in [7, 11) is 1.91. The smallest absolute Gasteiger partial charge is 0.181 e. The van der Waals surface area contributed by atoms with Gasteiger partial charge in [-0.05, 0) is 31.3 Å². The molecule has 6 heteroatoms. The second-order valence-corrected chi connectivity index (χ2v) is 4.37. The van der Waals surface area contributed by atoms with E-state index in [9.17, 15) is 0 Å². The van der Waals surface area contributed by atoms with Crippen LogP contribution in [0.25, 0.3) is 22.4 Å². The Morgan fingerprint density at radius 3 is 2.85 bits per heavy atom. The summed E-state index contributed by atoms with van der Waals surface area (Å²) in [5.74, 6) is 0.768. The number of hydrogen-bond acceptors (Lipinski definition) is 6. The maximum atomic E-state index is 5.29. The Kier molecular flexibility index (Phi) is 3.56. The molecule has 0 aliphatic rings. The average molecular weight is 269 g/mol. The van der Waals surface area contributed by atoms with Gasteiger partial charge in [0.15, 0.2) is 12.0 Å². The van der Waals surface area contributed by atoms with Gasteiger partial charge < -0.3 is 15.1 Å². The molecule has 2 N–H and O–H groups in total. The van der Waals surface area contributed by atoms with Crippen molar-refractivity contribution >= 4 is 16.9 Å². The van der Waals surface area contributed by atoms with Gasteiger partial charge in [-0.1, -0.05) is 6.07 Å². The maximum Gasteiger partial charge on any atom is 0.181 e. The minimum absolute atomic E-state index is 0.750. The molecule has 3 aromatic rings. The van der Waals surface area contributed by atoms with Crippen molar-refractivity contribution in [1.82, 2.24) is 20.5 Å². The Morgan fingerprint density at radius 2 is 2.05 bits per heavy atom. The van der Waals surface area contributed by atoms with Crippen molar-refractivity contribution in [3.63, 3.8) is 0 Å². The number of nitrogens with one attached hydrogen (secondary N) is 2. The second-order valence-electron chi connectivity index (χ2n) is 4.37. The third-order valence-corrected chi connectivity index (χ3v) is 2.97. The molecule has 6 nitrogen and oxygen atoms in total. The first-order valence-electron chi connectivity index (χ1n) is 6.42. The predicted molar refractivity (Wildman–Crippen MR) is 77.5 cm³/mol. The van der Waals surface area contributed by atoms with E-state index in [0.29, 0.717) is 0 Å². The summed E-state index contributed by atoms with van der Waals surface area (Å²) in [6.07, 6.45) is 1.44. The van der Waals surface area contributed by atoms with Crippen LogP contribution < -0.4 is 10.6 Å². The van der Waals surface area contributed by atoms with Gasteiger partial charge in [-0.3, -0.25) is 0 Å². The lowest BCUT2D eigenvalue weighted by atomic mass is 10.1. The largest absolute Gasteiger partial charge is 0.443 e. The van der Waals surface area contributed by atoms with Crippen LogP contribution in [0.15, 0.2) is 41.1 Å². The number of likely N-dealkylation sites (N-methyl/N-ethyl adjacent to an activating group) is 1. The van der Waals surface area contributed by atoms with Crippen LogP contribution >= 0.6 is 0 Å². The van der Waals surface area contributed by atoms with Crippen LogP contribution in [0.1, 0.15) is 0 Å². The van der Waals surface area contributed by atoms with Gasteiger partial charge in [-0.15, -0.1) is 10.2 Å². The van der Waals surface area contributed by atoms with Gasteiger partial charge in [0, 0.05) is 18.7 Å². The minimum atomic E-state index is 0.750. The van der Waals surface area contributed by atoms with Crippen molar-refractivity contribution in [2.75, 3.05) is 25.5 Å². The number of nitrogens with zero attached hydrogens (tertiary/aromatic N) is 3. The molecule has 0 atom stereocenters. The molecule has 0 fully saturated rings. The van der Waals surface area contributed by atoms with Gasteiger partial charge in [0.1, 0.15) is 11.3 Å². The molecule has 102 valence electrons. The van der Waals surface area contributed by atoms with E-state index < -0.39 is 0 Å². The van der Waals surface area contributed by atoms with Crippen molar-refractivity contribution < 1.29 is 4.42 Å². The first-order valence-corrected chi connectivity index (χ1v) is 6.42. The van der Waals surface area contributed by atoms with E-state index in [0.717, 1.165) is 41.3 Å². The molecule has 0 aliphatic heterocycles. The first kappa shape index (κ1) is 12.6. The maximum absolute atomic E-state index is 5.29. The van der Waals surface area contributed by atoms with Crippen molar-refractivity contribution in [2.45, 2.75) is 0 Å². The Bertz CT molecular complexity index is 692. The van der Waals surface area contributed by atoms with Gasteiger partial charge in [0.2, 0.25) is 0 Å². The van der Waals surface area contributed by atoms with E-state index in [1.165, 1.54) is 6.39 Å². The molecule has 2 aromatic heterocycles. The van der Waals surface area contributed by atoms with Crippen LogP contribution in [0.5, 0.6) is 0 Å². The zero-order valence-electron chi connectivity index (χ0n) is 11.1. The van der Waals surface area contributed by atoms with E-state index in [-0.39, 0.29) is 0 Å². The summed E-state index contributed by atoms with van der Waals surface area (Å²) in [5, 5.41) is 14.6. The minimum Gasteiger partial charge on any atom is -0.443 e. The number of hydrogen-bond donors (Lipinski definition) is 2. The summed E-state index contributed by atoms with van der Waals surface area (Å²) < 4.78 is 5.29. The molecule has 0 radical (unpaired) electrons. The molecule has 0 bridgehead atoms. The quantitative estimate of drug-likeness (QED) is 0.689. The Labute approximate surface area is 116 Å². The van der Waals surface area contributed by atoms with E-state index in [1.54, 1.807) is 0 Å². The monoisotopic (exact) mass is 269 g/mol. The van der Waals surface area contributed by atoms with Crippen molar-refractivity contribution in [3.05, 3.63) is 36.7 Å². The molecule has 2 heterocycles. The molecule has 1 aromatic carbocycles. The standard InChI is InChI=1S/C14H15N5O/c1-15-6-7-16-14-5-4-11(18-19-14)10-2-3-12-13(8-10)20-9-17-12/h2-5,8-9,15H,6-7H2,1H3,(H,16,19). The Hall–Kier alpha value is -2.47. The van der Waals surface area contributed by atoms with Gasteiger partial charge >= 0.3 is 0 Å². The van der Waals surface area contributed by atoms with Crippen molar-refractivity contribution in [1.29, 1.82) is 0 Å². The number of aromatic nitrogens is 3. The third-order valence-electron chi connectivity index (χ3n) is 2.97. The van der Waals surface area contributed by atoms with Gasteiger partial charge in [0.25, 0.3) is 0 Å². The number of benzene rings is 1. The van der Waals surface area contributed by atoms with Gasteiger partial charge in [-0.2, -0.15) is 0 Å². The molecule has 20 heavy (non-hydrogen) atoms. The molecule has 3 rings (SSSR count). The first-order chi connectivity index (χ1) is 9.86. The van der Waals surface area contributed by atoms with E-state index >= 15 is 0 Å². The highest BCUT2D eigenvalue weighted by atomic mass is 16.3. The topological polar surface area (TPSA) is 75.9 Å². The summed E-state index contributed by atoms with van der Waals surface area (Å²) in [4.78, 5) is 4.09. The summed E-state index contributed by atoms with van der Waals surface area (Å²) in [6.45, 7) is 1.69. The number of rotatable bonds is 5. The zero-order valence-corrected chi connectivity index (χ0v) is 11.1. The van der Waals surface area contributed by atoms with Crippen LogP contribution in [-0.2, 0) is 0 Å². The Morgan fingerprint density at radius 1 is 1.10 bits per heavy atom. The Balaban J connectivity index is 1.79. The third kappa shape index (κ3) is 2.60. The summed E-state index contributed by atoms with van der Waals surface area (Å²) in [5.41, 5.74) is 3.36. The molecule has 0 unspecified atom stereocenters. The molecule has 0 saturated heterocycles. The molecule has 0 saturated carbocycles. The molecular weight excluding hydrogens is 254 g/mol. The fourth-order valence-corrected chi connectivity index (χ4v) is 1.91. The van der Waals surface area contributed by atoms with E-state index in [4.69, 9.17) is 4.42 Å². The lowest BCUT2D eigenvalue weighted by Crippen LogP contribution is -2.18. The van der Waals surface area contributed by atoms with Crippen LogP contribution in [0.2, 0.25) is 0 Å². The van der Waals surface area contributed by atoms with Gasteiger partial charge in [-0.25, -0.2) is 4.98 Å². The molecular formula is C14H15N5O. The highest BCUT2D eigenvalue weighted by molar-refractivity contribution is 5.78. The molecule has 0 aliphatic carbocycles. The average Bonchev–Trinajstić information content (AvgIpc) is 2.96. The van der Waals surface area contributed by atoms with Crippen molar-refractivity contribution in [3.8, 4) is 11.3 Å². The fourth-order valence-electron chi connectivity index (χ4n) is 1.91. The van der Waals surface area contributed by atoms with Crippen LogP contribution in [0.4, 0.5) is 5.82 Å². The molecule has 0 spiro atoms. The second kappa shape index (κ2) is 5.66. The number of anilines is 1. The lowest BCUT2D eigenvalue weighted by Gasteiger charge is -2.05. The van der Waals surface area contributed by atoms with Crippen LogP contribution in [0, 0.1) is 0 Å². The summed E-state index contributed by atoms with van der Waals surface area (Å²) in [6, 6.07) is 9.65. The highest BCUT2D eigenvalue weighted by Gasteiger charge is 2.04. The highest BCUT2D eigenvalue weighted by Crippen LogP contribution is 2.22. The fraction of sp³-hybridized carbons (Fsp3) is 0.214. The number of oxazole rings is 1. The van der Waals surface area contributed by atoms with E-state index in [2.05, 4.69) is 25.8 Å². The van der Waals surface area contributed by atoms with Crippen LogP contribution in [0.3, 0.4) is 0 Å². The zero-order chi connectivity index (χ0) is 13.8. The SMILES string of the molecule is CNCCNc1ccc(-c2ccc3ncoc3c2)nn1. The summed E-state index contributed by atoms with van der Waals surface area (Å²) >= 11 is 0. The predicted octanol–water partition coefficient (Wildman–Crippen LogP) is 1.92. The van der Waals surface area contributed by atoms with Crippen LogP contribution in [-0.4, -0.2) is 35.3 Å². The molecule has 0 amide bonds.